The van der Waals surface area contributed by atoms with E-state index in [1.165, 1.54) is 17.0 Å². The molecular formula is C21H17ClF3N5O2. The van der Waals surface area contributed by atoms with Crippen molar-refractivity contribution >= 4 is 23.3 Å². The Kier molecular flexibility index (Phi) is 4.75. The first-order chi connectivity index (χ1) is 15.2. The van der Waals surface area contributed by atoms with E-state index in [0.717, 1.165) is 17.5 Å². The van der Waals surface area contributed by atoms with Crippen LogP contribution in [0.5, 0.6) is 0 Å². The van der Waals surface area contributed by atoms with Crippen LogP contribution in [0, 0.1) is 0 Å². The molecule has 1 amide bonds. The largest absolute Gasteiger partial charge is 0.416 e. The fraction of sp³-hybridized carbons (Fsp3) is 0.333. The van der Waals surface area contributed by atoms with Gasteiger partial charge in [0.1, 0.15) is 23.1 Å². The first-order valence-electron chi connectivity index (χ1n) is 9.78. The Bertz CT molecular complexity index is 1220. The van der Waals surface area contributed by atoms with Gasteiger partial charge in [-0.1, -0.05) is 17.7 Å². The summed E-state index contributed by atoms with van der Waals surface area (Å²) in [5.41, 5.74) is -0.534. The van der Waals surface area contributed by atoms with E-state index in [9.17, 15) is 18.0 Å². The Balaban J connectivity index is 1.52. The quantitative estimate of drug-likeness (QED) is 0.553. The second-order valence-electron chi connectivity index (χ2n) is 8.07. The lowest BCUT2D eigenvalue weighted by atomic mass is 9.76. The predicted molar refractivity (Wildman–Crippen MR) is 108 cm³/mol. The fourth-order valence-corrected chi connectivity index (χ4v) is 4.40. The molecule has 1 saturated heterocycles. The molecule has 4 heterocycles. The number of alkyl halides is 3. The van der Waals surface area contributed by atoms with E-state index in [4.69, 9.17) is 16.3 Å². The van der Waals surface area contributed by atoms with E-state index >= 15 is 0 Å². The van der Waals surface area contributed by atoms with Gasteiger partial charge in [-0.2, -0.15) is 13.2 Å². The Labute approximate surface area is 185 Å². The van der Waals surface area contributed by atoms with Crippen molar-refractivity contribution in [2.45, 2.75) is 24.6 Å². The van der Waals surface area contributed by atoms with Crippen LogP contribution in [-0.2, 0) is 36.3 Å². The van der Waals surface area contributed by atoms with Crippen LogP contribution in [0.25, 0.3) is 0 Å². The van der Waals surface area contributed by atoms with Crippen molar-refractivity contribution in [3.8, 4) is 0 Å². The number of carbonyl (C=O) groups is 1. The number of carbonyl (C=O) groups excluding carboxylic acids is 1. The van der Waals surface area contributed by atoms with Crippen molar-refractivity contribution in [3.05, 3.63) is 69.9 Å². The minimum Gasteiger partial charge on any atom is -0.379 e. The Hall–Kier alpha value is -2.98. The molecule has 11 heteroatoms. The number of hydrogen-bond acceptors (Lipinski definition) is 5. The zero-order valence-corrected chi connectivity index (χ0v) is 17.6. The molecule has 0 bridgehead atoms. The van der Waals surface area contributed by atoms with E-state index in [1.807, 2.05) is 11.6 Å². The van der Waals surface area contributed by atoms with Crippen LogP contribution in [0.1, 0.15) is 32.9 Å². The number of aromatic nitrogens is 4. The number of pyridine rings is 1. The number of halogens is 4. The van der Waals surface area contributed by atoms with Crippen LogP contribution >= 0.6 is 11.6 Å². The average Bonchev–Trinajstić information content (AvgIpc) is 3.26. The third-order valence-electron chi connectivity index (χ3n) is 6.00. The number of ether oxygens (including phenoxy) is 1. The third-order valence-corrected chi connectivity index (χ3v) is 6.19. The third kappa shape index (κ3) is 3.34. The number of aryl methyl sites for hydroxylation is 1. The Morgan fingerprint density at radius 2 is 2.03 bits per heavy atom. The molecule has 7 nitrogen and oxygen atoms in total. The lowest BCUT2D eigenvalue weighted by molar-refractivity contribution is -0.138. The van der Waals surface area contributed by atoms with E-state index in [1.54, 1.807) is 18.5 Å². The average molecular weight is 464 g/mol. The number of fused-ring (bicyclic) bond motifs is 1. The van der Waals surface area contributed by atoms with Crippen LogP contribution in [0.3, 0.4) is 0 Å². The van der Waals surface area contributed by atoms with Crippen LogP contribution in [0.15, 0.2) is 36.7 Å². The predicted octanol–water partition coefficient (Wildman–Crippen LogP) is 3.55. The van der Waals surface area contributed by atoms with E-state index in [-0.39, 0.29) is 28.6 Å². The van der Waals surface area contributed by atoms with Crippen molar-refractivity contribution in [1.29, 1.82) is 0 Å². The molecule has 2 aliphatic rings. The molecule has 166 valence electrons. The van der Waals surface area contributed by atoms with Gasteiger partial charge in [0.05, 0.1) is 25.3 Å². The van der Waals surface area contributed by atoms with Crippen LogP contribution < -0.4 is 4.90 Å². The number of benzene rings is 1. The number of rotatable bonds is 4. The smallest absolute Gasteiger partial charge is 0.379 e. The zero-order chi connectivity index (χ0) is 22.7. The molecule has 0 unspecified atom stereocenters. The molecule has 5 rings (SSSR count). The molecule has 2 aliphatic heterocycles. The summed E-state index contributed by atoms with van der Waals surface area (Å²) in [4.78, 5) is 18.4. The molecule has 2 aromatic heterocycles. The molecule has 0 spiro atoms. The number of amides is 1. The summed E-state index contributed by atoms with van der Waals surface area (Å²) in [7, 11) is 1.84. The van der Waals surface area contributed by atoms with Gasteiger partial charge in [0.2, 0.25) is 0 Å². The maximum Gasteiger partial charge on any atom is 0.416 e. The van der Waals surface area contributed by atoms with Gasteiger partial charge in [-0.25, -0.2) is 4.98 Å². The van der Waals surface area contributed by atoms with Crippen molar-refractivity contribution in [1.82, 2.24) is 19.7 Å². The van der Waals surface area contributed by atoms with E-state index in [2.05, 4.69) is 15.2 Å². The van der Waals surface area contributed by atoms with Gasteiger partial charge in [-0.15, -0.1) is 10.2 Å². The highest BCUT2D eigenvalue weighted by Crippen LogP contribution is 2.41. The summed E-state index contributed by atoms with van der Waals surface area (Å²) in [5, 5.41) is 8.19. The molecular weight excluding hydrogens is 447 g/mol. The number of anilines is 1. The summed E-state index contributed by atoms with van der Waals surface area (Å²) in [6.07, 6.45) is -2.43. The normalized spacial score (nSPS) is 17.4. The maximum atomic E-state index is 13.5. The van der Waals surface area contributed by atoms with Gasteiger partial charge in [0.25, 0.3) is 5.91 Å². The minimum absolute atomic E-state index is 0.0175. The van der Waals surface area contributed by atoms with Gasteiger partial charge in [0, 0.05) is 24.4 Å². The molecule has 1 aromatic carbocycles. The highest BCUT2D eigenvalue weighted by molar-refractivity contribution is 6.29. The van der Waals surface area contributed by atoms with Gasteiger partial charge in [-0.05, 0) is 35.4 Å². The monoisotopic (exact) mass is 463 g/mol. The second-order valence-corrected chi connectivity index (χ2v) is 8.45. The van der Waals surface area contributed by atoms with Crippen molar-refractivity contribution in [2.24, 2.45) is 7.05 Å². The van der Waals surface area contributed by atoms with Gasteiger partial charge < -0.3 is 9.30 Å². The SMILES string of the molecule is Cn1cnnc1CC1(c2cc(Cl)nc(N3Cc4c(cccc4C(F)(F)F)C3=O)c2)COC1. The molecule has 0 aliphatic carbocycles. The summed E-state index contributed by atoms with van der Waals surface area (Å²) in [5.74, 6) is 0.410. The molecule has 1 fully saturated rings. The number of nitrogens with zero attached hydrogens (tertiary/aromatic N) is 5. The molecule has 0 N–H and O–H groups in total. The van der Waals surface area contributed by atoms with Crippen LogP contribution in [0.4, 0.5) is 19.0 Å². The van der Waals surface area contributed by atoms with Gasteiger partial charge in [0.15, 0.2) is 0 Å². The summed E-state index contributed by atoms with van der Waals surface area (Å²) < 4.78 is 47.7. The van der Waals surface area contributed by atoms with Crippen molar-refractivity contribution < 1.29 is 22.7 Å². The summed E-state index contributed by atoms with van der Waals surface area (Å²) in [6.45, 7) is 0.585. The first-order valence-corrected chi connectivity index (χ1v) is 10.2. The van der Waals surface area contributed by atoms with E-state index < -0.39 is 23.1 Å². The zero-order valence-electron chi connectivity index (χ0n) is 16.9. The van der Waals surface area contributed by atoms with Gasteiger partial charge >= 0.3 is 6.18 Å². The maximum absolute atomic E-state index is 13.5. The molecule has 0 saturated carbocycles. The highest BCUT2D eigenvalue weighted by atomic mass is 35.5. The number of hydrogen-bond donors (Lipinski definition) is 0. The lowest BCUT2D eigenvalue weighted by Crippen LogP contribution is -2.49. The first kappa shape index (κ1) is 20.9. The van der Waals surface area contributed by atoms with Crippen molar-refractivity contribution in [2.75, 3.05) is 18.1 Å². The summed E-state index contributed by atoms with van der Waals surface area (Å²) in [6, 6.07) is 7.00. The Morgan fingerprint density at radius 1 is 1.25 bits per heavy atom. The van der Waals surface area contributed by atoms with Crippen LogP contribution in [0.2, 0.25) is 5.15 Å². The molecule has 3 aromatic rings. The van der Waals surface area contributed by atoms with Gasteiger partial charge in [-0.3, -0.25) is 9.69 Å². The van der Waals surface area contributed by atoms with E-state index in [0.29, 0.717) is 19.6 Å². The molecule has 0 radical (unpaired) electrons. The topological polar surface area (TPSA) is 73.1 Å². The highest BCUT2D eigenvalue weighted by Gasteiger charge is 2.44. The molecule has 0 atom stereocenters. The van der Waals surface area contributed by atoms with Crippen LogP contribution in [-0.4, -0.2) is 38.9 Å². The minimum atomic E-state index is -4.56. The Morgan fingerprint density at radius 3 is 2.66 bits per heavy atom. The van der Waals surface area contributed by atoms with Crippen molar-refractivity contribution in [3.63, 3.8) is 0 Å². The fourth-order valence-electron chi connectivity index (χ4n) is 4.20. The second kappa shape index (κ2) is 7.28. The molecule has 32 heavy (non-hydrogen) atoms. The summed E-state index contributed by atoms with van der Waals surface area (Å²) >= 11 is 6.29. The standard InChI is InChI=1S/C21H17ClF3N5O2/c1-29-11-26-28-18(29)7-20(9-32-10-20)12-5-16(22)27-17(6-12)30-8-14-13(19(30)31)3-2-4-15(14)21(23,24)25/h2-6,11H,7-10H2,1H3. The lowest BCUT2D eigenvalue weighted by Gasteiger charge is -2.42.